The highest BCUT2D eigenvalue weighted by Crippen LogP contribution is 1.93. The lowest BCUT2D eigenvalue weighted by molar-refractivity contribution is 0.583. The van der Waals surface area contributed by atoms with Gasteiger partial charge in [0.25, 0.3) is 0 Å². The molecule has 0 aromatic heterocycles. The van der Waals surface area contributed by atoms with Gasteiger partial charge in [-0.15, -0.1) is 0 Å². The lowest BCUT2D eigenvalue weighted by atomic mass is 10.2. The number of unbranched alkanes of at least 4 members (excludes halogenated alkanes) is 4. The Morgan fingerprint density at radius 2 is 1.00 bits per heavy atom. The molecule has 0 aromatic rings. The molecule has 0 heterocycles. The molecule has 2 heteroatoms. The van der Waals surface area contributed by atoms with Crippen LogP contribution in [0.3, 0.4) is 0 Å². The van der Waals surface area contributed by atoms with Crippen molar-refractivity contribution in [2.45, 2.75) is 66.2 Å². The molecule has 100 valence electrons. The maximum atomic E-state index is 3.46. The predicted octanol–water partition coefficient (Wildman–Crippen LogP) is 3.57. The van der Waals surface area contributed by atoms with Gasteiger partial charge in [0, 0.05) is 0 Å². The van der Waals surface area contributed by atoms with E-state index in [0.29, 0.717) is 0 Å². The van der Waals surface area contributed by atoms with E-state index < -0.39 is 0 Å². The predicted molar refractivity (Wildman–Crippen MR) is 76.1 cm³/mol. The fourth-order valence-electron chi connectivity index (χ4n) is 1.37. The first kappa shape index (κ1) is 18.3. The summed E-state index contributed by atoms with van der Waals surface area (Å²) in [7, 11) is 0. The van der Waals surface area contributed by atoms with Gasteiger partial charge >= 0.3 is 0 Å². The zero-order chi connectivity index (χ0) is 12.5. The van der Waals surface area contributed by atoms with Gasteiger partial charge in [-0.05, 0) is 39.0 Å². The average molecular weight is 230 g/mol. The molecule has 0 fully saturated rings. The van der Waals surface area contributed by atoms with Crippen molar-refractivity contribution in [3.63, 3.8) is 0 Å². The summed E-state index contributed by atoms with van der Waals surface area (Å²) in [6.45, 7) is 13.3. The van der Waals surface area contributed by atoms with Crippen molar-refractivity contribution in [1.82, 2.24) is 10.6 Å². The Kier molecular flexibility index (Phi) is 23.3. The molecule has 0 amide bonds. The van der Waals surface area contributed by atoms with Crippen LogP contribution in [0, 0.1) is 0 Å². The van der Waals surface area contributed by atoms with E-state index >= 15 is 0 Å². The lowest BCUT2D eigenvalue weighted by Gasteiger charge is -2.02. The van der Waals surface area contributed by atoms with Gasteiger partial charge in [-0.2, -0.15) is 0 Å². The van der Waals surface area contributed by atoms with Crippen molar-refractivity contribution in [1.29, 1.82) is 0 Å². The highest BCUT2D eigenvalue weighted by molar-refractivity contribution is 4.48. The minimum absolute atomic E-state index is 1.09. The minimum Gasteiger partial charge on any atom is -0.317 e. The van der Waals surface area contributed by atoms with Crippen molar-refractivity contribution < 1.29 is 0 Å². The van der Waals surface area contributed by atoms with Gasteiger partial charge in [-0.1, -0.05) is 53.4 Å². The lowest BCUT2D eigenvalue weighted by Crippen LogP contribution is -2.16. The fourth-order valence-corrected chi connectivity index (χ4v) is 1.37. The summed E-state index contributed by atoms with van der Waals surface area (Å²) < 4.78 is 0. The fraction of sp³-hybridized carbons (Fsp3) is 1.00. The highest BCUT2D eigenvalue weighted by atomic mass is 14.8. The smallest absolute Gasteiger partial charge is 0.00489 e. The van der Waals surface area contributed by atoms with Crippen LogP contribution in [-0.2, 0) is 0 Å². The van der Waals surface area contributed by atoms with Gasteiger partial charge in [0.1, 0.15) is 0 Å². The standard InChI is InChI=1S/C10H23N.C4H11N/c1-3-5-7-9-11-10-8-6-4-2;1-3-5-4-2/h11H,3-10H2,1-2H3;5H,3-4H2,1-2H3. The maximum absolute atomic E-state index is 3.46. The van der Waals surface area contributed by atoms with Crippen molar-refractivity contribution >= 4 is 0 Å². The van der Waals surface area contributed by atoms with E-state index in [0.717, 1.165) is 13.1 Å². The van der Waals surface area contributed by atoms with Crippen LogP contribution in [0.1, 0.15) is 66.2 Å². The Morgan fingerprint density at radius 1 is 0.562 bits per heavy atom. The molecule has 0 spiro atoms. The molecule has 0 rings (SSSR count). The summed E-state index contributed by atoms with van der Waals surface area (Å²) in [4.78, 5) is 0. The third-order valence-corrected chi connectivity index (χ3v) is 2.41. The first-order valence-corrected chi connectivity index (χ1v) is 7.24. The first-order valence-electron chi connectivity index (χ1n) is 7.24. The zero-order valence-electron chi connectivity index (χ0n) is 12.1. The van der Waals surface area contributed by atoms with Crippen LogP contribution in [0.15, 0.2) is 0 Å². The molecule has 0 unspecified atom stereocenters. The molecular formula is C14H34N2. The first-order chi connectivity index (χ1) is 7.83. The molecule has 0 radical (unpaired) electrons. The van der Waals surface area contributed by atoms with E-state index in [9.17, 15) is 0 Å². The van der Waals surface area contributed by atoms with Gasteiger partial charge in [-0.3, -0.25) is 0 Å². The second-order valence-corrected chi connectivity index (χ2v) is 4.12. The van der Waals surface area contributed by atoms with Crippen LogP contribution in [0.5, 0.6) is 0 Å². The molecule has 0 aliphatic rings. The molecule has 0 saturated carbocycles. The maximum Gasteiger partial charge on any atom is -0.00489 e. The SMILES string of the molecule is CCCCCNCCCCC.CCNCC. The zero-order valence-corrected chi connectivity index (χ0v) is 12.1. The van der Waals surface area contributed by atoms with Gasteiger partial charge < -0.3 is 10.6 Å². The molecule has 2 N–H and O–H groups in total. The Hall–Kier alpha value is -0.0800. The third-order valence-electron chi connectivity index (χ3n) is 2.41. The molecule has 0 aliphatic heterocycles. The van der Waals surface area contributed by atoms with E-state index in [1.54, 1.807) is 0 Å². The van der Waals surface area contributed by atoms with Crippen LogP contribution in [0.4, 0.5) is 0 Å². The van der Waals surface area contributed by atoms with Crippen molar-refractivity contribution in [3.8, 4) is 0 Å². The van der Waals surface area contributed by atoms with E-state index in [1.807, 2.05) is 0 Å². The third kappa shape index (κ3) is 23.6. The molecule has 0 aromatic carbocycles. The quantitative estimate of drug-likeness (QED) is 0.561. The summed E-state index contributed by atoms with van der Waals surface area (Å²) in [6, 6.07) is 0. The second kappa shape index (κ2) is 20.3. The monoisotopic (exact) mass is 230 g/mol. The Labute approximate surface area is 104 Å². The Bertz CT molecular complexity index is 84.7. The van der Waals surface area contributed by atoms with E-state index in [2.05, 4.69) is 38.3 Å². The molecule has 2 nitrogen and oxygen atoms in total. The van der Waals surface area contributed by atoms with Gasteiger partial charge in [0.2, 0.25) is 0 Å². The van der Waals surface area contributed by atoms with Crippen LogP contribution in [0.2, 0.25) is 0 Å². The molecular weight excluding hydrogens is 196 g/mol. The number of hydrogen-bond donors (Lipinski definition) is 2. The van der Waals surface area contributed by atoms with E-state index in [-0.39, 0.29) is 0 Å². The topological polar surface area (TPSA) is 24.1 Å². The highest BCUT2D eigenvalue weighted by Gasteiger charge is 1.87. The molecule has 0 atom stereocenters. The molecule has 0 saturated heterocycles. The van der Waals surface area contributed by atoms with Gasteiger partial charge in [0.15, 0.2) is 0 Å². The van der Waals surface area contributed by atoms with Crippen LogP contribution in [0.25, 0.3) is 0 Å². The summed E-state index contributed by atoms with van der Waals surface area (Å²) in [5, 5.41) is 6.57. The number of rotatable bonds is 10. The van der Waals surface area contributed by atoms with Crippen LogP contribution in [-0.4, -0.2) is 26.2 Å². The second-order valence-electron chi connectivity index (χ2n) is 4.12. The summed E-state index contributed by atoms with van der Waals surface area (Å²) >= 11 is 0. The van der Waals surface area contributed by atoms with E-state index in [1.165, 1.54) is 51.6 Å². The van der Waals surface area contributed by atoms with Crippen LogP contribution < -0.4 is 10.6 Å². The summed E-state index contributed by atoms with van der Waals surface area (Å²) in [5.74, 6) is 0. The largest absolute Gasteiger partial charge is 0.317 e. The number of hydrogen-bond acceptors (Lipinski definition) is 2. The van der Waals surface area contributed by atoms with E-state index in [4.69, 9.17) is 0 Å². The Balaban J connectivity index is 0. The summed E-state index contributed by atoms with van der Waals surface area (Å²) in [5.41, 5.74) is 0. The Morgan fingerprint density at radius 3 is 1.25 bits per heavy atom. The van der Waals surface area contributed by atoms with Gasteiger partial charge in [-0.25, -0.2) is 0 Å². The van der Waals surface area contributed by atoms with Crippen molar-refractivity contribution in [3.05, 3.63) is 0 Å². The van der Waals surface area contributed by atoms with Crippen molar-refractivity contribution in [2.24, 2.45) is 0 Å². The molecule has 0 aliphatic carbocycles. The van der Waals surface area contributed by atoms with Gasteiger partial charge in [0.05, 0.1) is 0 Å². The minimum atomic E-state index is 1.09. The van der Waals surface area contributed by atoms with Crippen LogP contribution >= 0.6 is 0 Å². The molecule has 16 heavy (non-hydrogen) atoms. The average Bonchev–Trinajstić information content (AvgIpc) is 2.30. The molecule has 0 bridgehead atoms. The summed E-state index contributed by atoms with van der Waals surface area (Å²) in [6.07, 6.45) is 8.11. The normalized spacial score (nSPS) is 9.75. The van der Waals surface area contributed by atoms with Crippen molar-refractivity contribution in [2.75, 3.05) is 26.2 Å². The number of nitrogens with one attached hydrogen (secondary N) is 2.